The van der Waals surface area contributed by atoms with Crippen molar-refractivity contribution in [3.8, 4) is 0 Å². The van der Waals surface area contributed by atoms with Gasteiger partial charge in [0.05, 0.1) is 5.69 Å². The highest BCUT2D eigenvalue weighted by molar-refractivity contribution is 5.26. The molecule has 134 valence electrons. The van der Waals surface area contributed by atoms with E-state index in [4.69, 9.17) is 4.98 Å². The molecule has 23 heavy (non-hydrogen) atoms. The molecule has 1 heterocycles. The van der Waals surface area contributed by atoms with Crippen LogP contribution in [0.15, 0.2) is 0 Å². The van der Waals surface area contributed by atoms with Gasteiger partial charge in [-0.3, -0.25) is 0 Å². The number of hydrogen-bond donors (Lipinski definition) is 1. The summed E-state index contributed by atoms with van der Waals surface area (Å²) < 4.78 is 0. The largest absolute Gasteiger partial charge is 0.345 e. The third-order valence-electron chi connectivity index (χ3n) is 5.38. The highest BCUT2D eigenvalue weighted by Crippen LogP contribution is 2.34. The van der Waals surface area contributed by atoms with Crippen molar-refractivity contribution in [2.24, 2.45) is 0 Å². The standard InChI is InChI=1S/C21H40N2/c1-8-11-13-15-17-18(21(6,7)16-14-12-9-2)23-19(22-17)20(4,5)10-3/h8-16H2,1-7H3,(H,22,23). The second-order valence-corrected chi connectivity index (χ2v) is 8.45. The molecule has 0 aliphatic heterocycles. The van der Waals surface area contributed by atoms with Crippen LogP contribution in [0.2, 0.25) is 0 Å². The summed E-state index contributed by atoms with van der Waals surface area (Å²) in [5, 5.41) is 0. The van der Waals surface area contributed by atoms with E-state index in [1.807, 2.05) is 0 Å². The van der Waals surface area contributed by atoms with Gasteiger partial charge in [-0.2, -0.15) is 0 Å². The molecule has 1 aromatic heterocycles. The molecule has 1 aromatic rings. The Morgan fingerprint density at radius 1 is 0.826 bits per heavy atom. The average molecular weight is 321 g/mol. The zero-order valence-electron chi connectivity index (χ0n) is 16.8. The molecule has 0 spiro atoms. The normalized spacial score (nSPS) is 12.8. The van der Waals surface area contributed by atoms with Crippen molar-refractivity contribution >= 4 is 0 Å². The van der Waals surface area contributed by atoms with E-state index in [-0.39, 0.29) is 10.8 Å². The first-order chi connectivity index (χ1) is 10.8. The Labute approximate surface area is 144 Å². The van der Waals surface area contributed by atoms with Gasteiger partial charge in [-0.1, -0.05) is 80.6 Å². The molecule has 0 saturated carbocycles. The lowest BCUT2D eigenvalue weighted by Crippen LogP contribution is -2.21. The molecule has 2 heteroatoms. The minimum Gasteiger partial charge on any atom is -0.345 e. The first-order valence-electron chi connectivity index (χ1n) is 9.88. The van der Waals surface area contributed by atoms with Gasteiger partial charge in [0.1, 0.15) is 5.82 Å². The van der Waals surface area contributed by atoms with E-state index in [0.29, 0.717) is 0 Å². The summed E-state index contributed by atoms with van der Waals surface area (Å²) in [6, 6.07) is 0. The molecule has 0 radical (unpaired) electrons. The molecule has 0 bridgehead atoms. The monoisotopic (exact) mass is 320 g/mol. The Morgan fingerprint density at radius 2 is 1.43 bits per heavy atom. The van der Waals surface area contributed by atoms with Crippen molar-refractivity contribution in [2.45, 2.75) is 117 Å². The summed E-state index contributed by atoms with van der Waals surface area (Å²) in [6.07, 6.45) is 11.3. The van der Waals surface area contributed by atoms with Gasteiger partial charge in [0.15, 0.2) is 0 Å². The number of hydrogen-bond acceptors (Lipinski definition) is 1. The fourth-order valence-electron chi connectivity index (χ4n) is 3.13. The van der Waals surface area contributed by atoms with Crippen molar-refractivity contribution in [3.63, 3.8) is 0 Å². The molecule has 0 amide bonds. The van der Waals surface area contributed by atoms with Crippen molar-refractivity contribution in [1.29, 1.82) is 0 Å². The van der Waals surface area contributed by atoms with Crippen molar-refractivity contribution in [3.05, 3.63) is 17.2 Å². The van der Waals surface area contributed by atoms with Crippen LogP contribution in [0, 0.1) is 0 Å². The lowest BCUT2D eigenvalue weighted by molar-refractivity contribution is 0.430. The van der Waals surface area contributed by atoms with Gasteiger partial charge in [-0.15, -0.1) is 0 Å². The molecule has 0 unspecified atom stereocenters. The summed E-state index contributed by atoms with van der Waals surface area (Å²) in [4.78, 5) is 8.84. The first-order valence-corrected chi connectivity index (χ1v) is 9.88. The number of imidazole rings is 1. The van der Waals surface area contributed by atoms with Gasteiger partial charge in [0.2, 0.25) is 0 Å². The van der Waals surface area contributed by atoms with Crippen molar-refractivity contribution in [1.82, 2.24) is 9.97 Å². The van der Waals surface area contributed by atoms with Crippen LogP contribution in [-0.4, -0.2) is 9.97 Å². The molecule has 0 fully saturated rings. The third-order valence-corrected chi connectivity index (χ3v) is 5.38. The summed E-state index contributed by atoms with van der Waals surface area (Å²) in [5.74, 6) is 1.19. The predicted molar refractivity (Wildman–Crippen MR) is 102 cm³/mol. The van der Waals surface area contributed by atoms with E-state index in [9.17, 15) is 0 Å². The second kappa shape index (κ2) is 8.89. The SMILES string of the molecule is CCCCCc1[nH]c(C(C)(C)CC)nc1C(C)(C)CCCCC. The Bertz CT molecular complexity index is 454. The molecule has 0 aliphatic carbocycles. The number of nitrogens with zero attached hydrogens (tertiary/aromatic N) is 1. The minimum atomic E-state index is 0.136. The van der Waals surface area contributed by atoms with Gasteiger partial charge in [0.25, 0.3) is 0 Å². The van der Waals surface area contributed by atoms with E-state index in [2.05, 4.69) is 53.5 Å². The number of H-pyrrole nitrogens is 1. The summed E-state index contributed by atoms with van der Waals surface area (Å²) in [6.45, 7) is 16.2. The van der Waals surface area contributed by atoms with E-state index < -0.39 is 0 Å². The Morgan fingerprint density at radius 3 is 2.00 bits per heavy atom. The molecule has 2 nitrogen and oxygen atoms in total. The average Bonchev–Trinajstić information content (AvgIpc) is 2.93. The Balaban J connectivity index is 3.05. The molecule has 0 aliphatic rings. The molecular formula is C21H40N2. The zero-order valence-corrected chi connectivity index (χ0v) is 16.8. The first kappa shape index (κ1) is 20.3. The van der Waals surface area contributed by atoms with Gasteiger partial charge in [0, 0.05) is 16.5 Å². The lowest BCUT2D eigenvalue weighted by Gasteiger charge is -2.24. The van der Waals surface area contributed by atoms with Crippen LogP contribution in [0.1, 0.15) is 117 Å². The minimum absolute atomic E-state index is 0.136. The predicted octanol–water partition coefficient (Wildman–Crippen LogP) is 6.69. The number of aryl methyl sites for hydroxylation is 1. The number of nitrogens with one attached hydrogen (secondary N) is 1. The summed E-state index contributed by atoms with van der Waals surface area (Å²) in [7, 11) is 0. The fraction of sp³-hybridized carbons (Fsp3) is 0.857. The molecule has 0 atom stereocenters. The smallest absolute Gasteiger partial charge is 0.112 e. The molecule has 0 aromatic carbocycles. The van der Waals surface area contributed by atoms with Crippen LogP contribution >= 0.6 is 0 Å². The quantitative estimate of drug-likeness (QED) is 0.452. The Kier molecular flexibility index (Phi) is 7.83. The third kappa shape index (κ3) is 5.65. The maximum atomic E-state index is 5.13. The highest BCUT2D eigenvalue weighted by atomic mass is 15.0. The maximum absolute atomic E-state index is 5.13. The van der Waals surface area contributed by atoms with Crippen LogP contribution < -0.4 is 0 Å². The topological polar surface area (TPSA) is 28.7 Å². The van der Waals surface area contributed by atoms with E-state index in [1.54, 1.807) is 0 Å². The maximum Gasteiger partial charge on any atom is 0.112 e. The van der Waals surface area contributed by atoms with Crippen LogP contribution in [0.25, 0.3) is 0 Å². The fourth-order valence-corrected chi connectivity index (χ4v) is 3.13. The van der Waals surface area contributed by atoms with Gasteiger partial charge in [-0.25, -0.2) is 4.98 Å². The molecule has 0 saturated heterocycles. The van der Waals surface area contributed by atoms with E-state index >= 15 is 0 Å². The van der Waals surface area contributed by atoms with Crippen molar-refractivity contribution < 1.29 is 0 Å². The van der Waals surface area contributed by atoms with Gasteiger partial charge >= 0.3 is 0 Å². The molecule has 1 rings (SSSR count). The zero-order chi connectivity index (χ0) is 17.5. The van der Waals surface area contributed by atoms with Crippen LogP contribution in [-0.2, 0) is 17.3 Å². The number of rotatable bonds is 11. The lowest BCUT2D eigenvalue weighted by atomic mass is 9.82. The van der Waals surface area contributed by atoms with Gasteiger partial charge in [-0.05, 0) is 25.7 Å². The van der Waals surface area contributed by atoms with Crippen LogP contribution in [0.4, 0.5) is 0 Å². The number of aromatic amines is 1. The second-order valence-electron chi connectivity index (χ2n) is 8.45. The van der Waals surface area contributed by atoms with E-state index in [0.717, 1.165) is 12.8 Å². The summed E-state index contributed by atoms with van der Waals surface area (Å²) >= 11 is 0. The van der Waals surface area contributed by atoms with Gasteiger partial charge < -0.3 is 4.98 Å². The molecular weight excluding hydrogens is 280 g/mol. The van der Waals surface area contributed by atoms with Crippen LogP contribution in [0.5, 0.6) is 0 Å². The number of aromatic nitrogens is 2. The van der Waals surface area contributed by atoms with Crippen molar-refractivity contribution in [2.75, 3.05) is 0 Å². The van der Waals surface area contributed by atoms with Crippen LogP contribution in [0.3, 0.4) is 0 Å². The van der Waals surface area contributed by atoms with E-state index in [1.165, 1.54) is 62.2 Å². The Hall–Kier alpha value is -0.790. The highest BCUT2D eigenvalue weighted by Gasteiger charge is 2.30. The number of unbranched alkanes of at least 4 members (excludes halogenated alkanes) is 4. The molecule has 1 N–H and O–H groups in total. The summed E-state index contributed by atoms with van der Waals surface area (Å²) in [5.41, 5.74) is 3.05.